The minimum absolute atomic E-state index is 0.215. The lowest BCUT2D eigenvalue weighted by atomic mass is 10.0. The van der Waals surface area contributed by atoms with E-state index in [0.717, 1.165) is 6.42 Å². The molecule has 0 bridgehead atoms. The molecule has 18 heavy (non-hydrogen) atoms. The van der Waals surface area contributed by atoms with Crippen LogP contribution in [0.4, 0.5) is 4.79 Å². The number of carboxylic acid groups (broad SMARTS) is 1. The monoisotopic (exact) mass is 258 g/mol. The molecule has 1 rings (SSSR count). The standard InChI is InChI=1S/C12H22N2O4/c1-4-5-13(8-10(15)16)11(17)14-6-7-18-9-12(14,2)3/h4-9H2,1-3H3,(H,15,16). The van der Waals surface area contributed by atoms with Crippen molar-refractivity contribution in [1.82, 2.24) is 9.80 Å². The molecule has 2 amide bonds. The Morgan fingerprint density at radius 1 is 1.44 bits per heavy atom. The quantitative estimate of drug-likeness (QED) is 0.817. The molecule has 0 saturated carbocycles. The zero-order valence-corrected chi connectivity index (χ0v) is 11.3. The van der Waals surface area contributed by atoms with Gasteiger partial charge in [-0.1, -0.05) is 6.92 Å². The molecule has 0 aromatic heterocycles. The van der Waals surface area contributed by atoms with Gasteiger partial charge < -0.3 is 19.6 Å². The van der Waals surface area contributed by atoms with Crippen molar-refractivity contribution in [3.05, 3.63) is 0 Å². The maximum absolute atomic E-state index is 12.4. The lowest BCUT2D eigenvalue weighted by molar-refractivity contribution is -0.138. The highest BCUT2D eigenvalue weighted by molar-refractivity contribution is 5.80. The number of amides is 2. The SMILES string of the molecule is CCCN(CC(=O)O)C(=O)N1CCOCC1(C)C. The van der Waals surface area contributed by atoms with Crippen molar-refractivity contribution in [3.63, 3.8) is 0 Å². The lowest BCUT2D eigenvalue weighted by Gasteiger charge is -2.44. The molecular formula is C12H22N2O4. The van der Waals surface area contributed by atoms with Crippen LogP contribution in [0.1, 0.15) is 27.2 Å². The lowest BCUT2D eigenvalue weighted by Crippen LogP contribution is -2.59. The van der Waals surface area contributed by atoms with Gasteiger partial charge >= 0.3 is 12.0 Å². The third-order valence-electron chi connectivity index (χ3n) is 2.97. The third-order valence-corrected chi connectivity index (χ3v) is 2.97. The number of ether oxygens (including phenoxy) is 1. The van der Waals surface area contributed by atoms with E-state index >= 15 is 0 Å². The Morgan fingerprint density at radius 3 is 2.61 bits per heavy atom. The highest BCUT2D eigenvalue weighted by atomic mass is 16.5. The fraction of sp³-hybridized carbons (Fsp3) is 0.833. The summed E-state index contributed by atoms with van der Waals surface area (Å²) in [6, 6.07) is -0.215. The Morgan fingerprint density at radius 2 is 2.11 bits per heavy atom. The van der Waals surface area contributed by atoms with Gasteiger partial charge in [-0.05, 0) is 20.3 Å². The van der Waals surface area contributed by atoms with E-state index in [1.807, 2.05) is 20.8 Å². The van der Waals surface area contributed by atoms with Crippen LogP contribution in [0.15, 0.2) is 0 Å². The van der Waals surface area contributed by atoms with Gasteiger partial charge in [0, 0.05) is 13.1 Å². The summed E-state index contributed by atoms with van der Waals surface area (Å²) in [5, 5.41) is 8.85. The molecule has 0 aromatic carbocycles. The van der Waals surface area contributed by atoms with E-state index < -0.39 is 5.97 Å². The molecule has 1 heterocycles. The van der Waals surface area contributed by atoms with E-state index in [1.165, 1.54) is 4.90 Å². The van der Waals surface area contributed by atoms with Crippen LogP contribution in [0.3, 0.4) is 0 Å². The van der Waals surface area contributed by atoms with Gasteiger partial charge in [-0.2, -0.15) is 0 Å². The summed E-state index contributed by atoms with van der Waals surface area (Å²) in [5.74, 6) is -0.983. The molecule has 0 aromatic rings. The van der Waals surface area contributed by atoms with E-state index in [-0.39, 0.29) is 18.1 Å². The first-order valence-electron chi connectivity index (χ1n) is 6.24. The van der Waals surface area contributed by atoms with Crippen LogP contribution in [0.25, 0.3) is 0 Å². The molecule has 6 nitrogen and oxygen atoms in total. The minimum atomic E-state index is -0.983. The summed E-state index contributed by atoms with van der Waals surface area (Å²) in [6.45, 7) is 7.47. The molecule has 6 heteroatoms. The summed E-state index contributed by atoms with van der Waals surface area (Å²) in [5.41, 5.74) is -0.389. The Hall–Kier alpha value is -1.30. The van der Waals surface area contributed by atoms with Crippen molar-refractivity contribution in [2.24, 2.45) is 0 Å². The maximum Gasteiger partial charge on any atom is 0.323 e. The molecule has 104 valence electrons. The molecular weight excluding hydrogens is 236 g/mol. The highest BCUT2D eigenvalue weighted by Crippen LogP contribution is 2.20. The molecule has 0 aliphatic carbocycles. The van der Waals surface area contributed by atoms with Crippen molar-refractivity contribution in [3.8, 4) is 0 Å². The number of carbonyl (C=O) groups excluding carboxylic acids is 1. The van der Waals surface area contributed by atoms with Crippen LogP contribution >= 0.6 is 0 Å². The van der Waals surface area contributed by atoms with E-state index in [2.05, 4.69) is 0 Å². The van der Waals surface area contributed by atoms with Crippen molar-refractivity contribution in [2.75, 3.05) is 32.8 Å². The topological polar surface area (TPSA) is 70.1 Å². The summed E-state index contributed by atoms with van der Waals surface area (Å²) >= 11 is 0. The Balaban J connectivity index is 2.77. The average molecular weight is 258 g/mol. The predicted octanol–water partition coefficient (Wildman–Crippen LogP) is 1.01. The number of hydrogen-bond donors (Lipinski definition) is 1. The first kappa shape index (κ1) is 14.8. The third kappa shape index (κ3) is 3.60. The van der Waals surface area contributed by atoms with Gasteiger partial charge in [0.25, 0.3) is 0 Å². The zero-order chi connectivity index (χ0) is 13.8. The van der Waals surface area contributed by atoms with Crippen molar-refractivity contribution < 1.29 is 19.4 Å². The first-order valence-corrected chi connectivity index (χ1v) is 6.24. The summed E-state index contributed by atoms with van der Waals surface area (Å²) < 4.78 is 5.36. The highest BCUT2D eigenvalue weighted by Gasteiger charge is 2.36. The van der Waals surface area contributed by atoms with E-state index in [9.17, 15) is 9.59 Å². The van der Waals surface area contributed by atoms with Crippen LogP contribution in [0.5, 0.6) is 0 Å². The average Bonchev–Trinajstić information content (AvgIpc) is 2.26. The molecule has 1 fully saturated rings. The number of carboxylic acids is 1. The second-order valence-corrected chi connectivity index (χ2v) is 5.11. The number of aliphatic carboxylic acids is 1. The molecule has 0 unspecified atom stereocenters. The number of hydrogen-bond acceptors (Lipinski definition) is 3. The van der Waals surface area contributed by atoms with Gasteiger partial charge in [0.1, 0.15) is 6.54 Å². The molecule has 1 aliphatic heterocycles. The van der Waals surface area contributed by atoms with E-state index in [0.29, 0.717) is 26.3 Å². The molecule has 1 aliphatic rings. The molecule has 1 saturated heterocycles. The Labute approximate surface area is 107 Å². The van der Waals surface area contributed by atoms with Gasteiger partial charge in [-0.25, -0.2) is 4.79 Å². The van der Waals surface area contributed by atoms with E-state index in [4.69, 9.17) is 9.84 Å². The normalized spacial score (nSPS) is 18.5. The van der Waals surface area contributed by atoms with Gasteiger partial charge in [0.15, 0.2) is 0 Å². The van der Waals surface area contributed by atoms with Crippen molar-refractivity contribution >= 4 is 12.0 Å². The largest absolute Gasteiger partial charge is 0.480 e. The summed E-state index contributed by atoms with van der Waals surface area (Å²) in [6.07, 6.45) is 0.740. The minimum Gasteiger partial charge on any atom is -0.480 e. The number of carbonyl (C=O) groups is 2. The van der Waals surface area contributed by atoms with Gasteiger partial charge in [0.05, 0.1) is 18.8 Å². The van der Waals surface area contributed by atoms with Gasteiger partial charge in [0.2, 0.25) is 0 Å². The van der Waals surface area contributed by atoms with Crippen LogP contribution < -0.4 is 0 Å². The van der Waals surface area contributed by atoms with Gasteiger partial charge in [-0.15, -0.1) is 0 Å². The zero-order valence-electron chi connectivity index (χ0n) is 11.3. The van der Waals surface area contributed by atoms with E-state index in [1.54, 1.807) is 4.90 Å². The number of nitrogens with zero attached hydrogens (tertiary/aromatic N) is 2. The Kier molecular flexibility index (Phi) is 4.95. The Bertz CT molecular complexity index is 317. The number of rotatable bonds is 4. The second-order valence-electron chi connectivity index (χ2n) is 5.11. The number of urea groups is 1. The summed E-state index contributed by atoms with van der Waals surface area (Å²) in [4.78, 5) is 26.3. The maximum atomic E-state index is 12.4. The first-order chi connectivity index (χ1) is 8.38. The fourth-order valence-electron chi connectivity index (χ4n) is 2.06. The van der Waals surface area contributed by atoms with Gasteiger partial charge in [-0.3, -0.25) is 4.79 Å². The predicted molar refractivity (Wildman–Crippen MR) is 66.5 cm³/mol. The second kappa shape index (κ2) is 6.04. The smallest absolute Gasteiger partial charge is 0.323 e. The molecule has 0 radical (unpaired) electrons. The van der Waals surface area contributed by atoms with Crippen LogP contribution in [-0.2, 0) is 9.53 Å². The number of morpholine rings is 1. The fourth-order valence-corrected chi connectivity index (χ4v) is 2.06. The molecule has 0 atom stereocenters. The van der Waals surface area contributed by atoms with Crippen LogP contribution in [-0.4, -0.2) is 65.3 Å². The molecule has 1 N–H and O–H groups in total. The van der Waals surface area contributed by atoms with Crippen molar-refractivity contribution in [2.45, 2.75) is 32.7 Å². The molecule has 0 spiro atoms. The van der Waals surface area contributed by atoms with Crippen molar-refractivity contribution in [1.29, 1.82) is 0 Å². The van der Waals surface area contributed by atoms with Crippen LogP contribution in [0, 0.1) is 0 Å². The summed E-state index contributed by atoms with van der Waals surface area (Å²) in [7, 11) is 0. The van der Waals surface area contributed by atoms with Crippen LogP contribution in [0.2, 0.25) is 0 Å².